The maximum Gasteiger partial charge on any atom is 0.407 e. The van der Waals surface area contributed by atoms with Gasteiger partial charge in [-0.1, -0.05) is 75.7 Å². The number of amides is 2. The summed E-state index contributed by atoms with van der Waals surface area (Å²) in [5.74, 6) is -1.38. The zero-order valence-corrected chi connectivity index (χ0v) is 20.6. The third-order valence-electron chi connectivity index (χ3n) is 7.41. The van der Waals surface area contributed by atoms with Gasteiger partial charge in [-0.25, -0.2) is 9.59 Å². The Morgan fingerprint density at radius 3 is 2.20 bits per heavy atom. The lowest BCUT2D eigenvalue weighted by atomic mass is 9.88. The van der Waals surface area contributed by atoms with Crippen LogP contribution in [0.25, 0.3) is 11.1 Å². The van der Waals surface area contributed by atoms with Crippen molar-refractivity contribution >= 4 is 18.0 Å². The van der Waals surface area contributed by atoms with E-state index in [-0.39, 0.29) is 30.3 Å². The summed E-state index contributed by atoms with van der Waals surface area (Å²) in [7, 11) is 0. The van der Waals surface area contributed by atoms with Crippen molar-refractivity contribution in [1.29, 1.82) is 0 Å². The summed E-state index contributed by atoms with van der Waals surface area (Å²) in [6.45, 7) is 6.24. The summed E-state index contributed by atoms with van der Waals surface area (Å²) in [5, 5.41) is 12.5. The second kappa shape index (κ2) is 10.5. The fourth-order valence-corrected chi connectivity index (χ4v) is 5.37. The molecule has 3 unspecified atom stereocenters. The Hall–Kier alpha value is -3.35. The number of hydrogen-bond donors (Lipinski definition) is 2. The number of rotatable bonds is 7. The molecular weight excluding hydrogens is 444 g/mol. The van der Waals surface area contributed by atoms with Gasteiger partial charge in [-0.3, -0.25) is 4.79 Å². The van der Waals surface area contributed by atoms with Crippen LogP contribution >= 0.6 is 0 Å². The SMILES string of the molecule is CCC1CCN(C(=O)C(NC(=O)OCC2c3ccccc3-c3ccccc32)C(C)C)C(C(=O)O)C1. The molecule has 2 N–H and O–H groups in total. The summed E-state index contributed by atoms with van der Waals surface area (Å²) in [6.07, 6.45) is 1.42. The topological polar surface area (TPSA) is 95.9 Å². The molecule has 2 aromatic rings. The Labute approximate surface area is 206 Å². The van der Waals surface area contributed by atoms with Crippen molar-refractivity contribution < 1.29 is 24.2 Å². The van der Waals surface area contributed by atoms with Gasteiger partial charge in [0.1, 0.15) is 18.7 Å². The molecule has 35 heavy (non-hydrogen) atoms. The first-order chi connectivity index (χ1) is 16.8. The van der Waals surface area contributed by atoms with E-state index in [1.54, 1.807) is 0 Å². The predicted molar refractivity (Wildman–Crippen MR) is 133 cm³/mol. The summed E-state index contributed by atoms with van der Waals surface area (Å²) in [5.41, 5.74) is 4.51. The number of carbonyl (C=O) groups is 3. The average Bonchev–Trinajstić information content (AvgIpc) is 3.18. The first-order valence-corrected chi connectivity index (χ1v) is 12.5. The second-order valence-electron chi connectivity index (χ2n) is 9.88. The molecule has 0 bridgehead atoms. The van der Waals surface area contributed by atoms with Crippen LogP contribution in [-0.2, 0) is 14.3 Å². The molecule has 1 aliphatic heterocycles. The maximum absolute atomic E-state index is 13.4. The van der Waals surface area contributed by atoms with Crippen molar-refractivity contribution in [1.82, 2.24) is 10.2 Å². The summed E-state index contributed by atoms with van der Waals surface area (Å²) in [6, 6.07) is 14.5. The molecular formula is C28H34N2O5. The quantitative estimate of drug-likeness (QED) is 0.604. The number of ether oxygens (including phenoxy) is 1. The fourth-order valence-electron chi connectivity index (χ4n) is 5.37. The van der Waals surface area contributed by atoms with Crippen LogP contribution in [0.4, 0.5) is 4.79 Å². The van der Waals surface area contributed by atoms with Gasteiger partial charge in [0.05, 0.1) is 0 Å². The molecule has 0 aromatic heterocycles. The maximum atomic E-state index is 13.4. The Morgan fingerprint density at radius 1 is 1.06 bits per heavy atom. The first kappa shape index (κ1) is 24.8. The van der Waals surface area contributed by atoms with Crippen LogP contribution in [0.15, 0.2) is 48.5 Å². The van der Waals surface area contributed by atoms with Crippen LogP contribution in [-0.4, -0.2) is 53.2 Å². The van der Waals surface area contributed by atoms with Crippen molar-refractivity contribution in [2.75, 3.05) is 13.2 Å². The monoisotopic (exact) mass is 478 g/mol. The van der Waals surface area contributed by atoms with E-state index >= 15 is 0 Å². The van der Waals surface area contributed by atoms with E-state index in [9.17, 15) is 19.5 Å². The minimum Gasteiger partial charge on any atom is -0.480 e. The number of nitrogens with one attached hydrogen (secondary N) is 1. The minimum absolute atomic E-state index is 0.0779. The largest absolute Gasteiger partial charge is 0.480 e. The number of piperidine rings is 1. The molecule has 2 amide bonds. The number of hydrogen-bond acceptors (Lipinski definition) is 4. The highest BCUT2D eigenvalue weighted by atomic mass is 16.5. The molecule has 7 heteroatoms. The minimum atomic E-state index is -1.000. The van der Waals surface area contributed by atoms with Gasteiger partial charge in [-0.2, -0.15) is 0 Å². The number of carbonyl (C=O) groups excluding carboxylic acids is 2. The highest BCUT2D eigenvalue weighted by molar-refractivity contribution is 5.89. The van der Waals surface area contributed by atoms with Gasteiger partial charge in [0.15, 0.2) is 0 Å². The molecule has 2 aliphatic rings. The molecule has 1 aliphatic carbocycles. The molecule has 1 heterocycles. The zero-order chi connectivity index (χ0) is 25.1. The van der Waals surface area contributed by atoms with Crippen LogP contribution in [0, 0.1) is 11.8 Å². The van der Waals surface area contributed by atoms with Gasteiger partial charge in [0.25, 0.3) is 0 Å². The Morgan fingerprint density at radius 2 is 1.66 bits per heavy atom. The normalized spacial score (nSPS) is 20.2. The summed E-state index contributed by atoms with van der Waals surface area (Å²) in [4.78, 5) is 39.5. The smallest absolute Gasteiger partial charge is 0.407 e. The van der Waals surface area contributed by atoms with Crippen molar-refractivity contribution in [3.05, 3.63) is 59.7 Å². The molecule has 0 saturated carbocycles. The standard InChI is InChI=1S/C28H34N2O5/c1-4-18-13-14-30(24(15-18)27(32)33)26(31)25(17(2)3)29-28(34)35-16-23-21-11-7-5-9-19(21)20-10-6-8-12-22(20)23/h5-12,17-18,23-25H,4,13-16H2,1-3H3,(H,29,34)(H,32,33). The molecule has 186 valence electrons. The van der Waals surface area contributed by atoms with Gasteiger partial charge in [-0.05, 0) is 46.9 Å². The number of fused-ring (bicyclic) bond motifs is 3. The molecule has 3 atom stereocenters. The van der Waals surface area contributed by atoms with E-state index in [0.29, 0.717) is 13.0 Å². The van der Waals surface area contributed by atoms with E-state index < -0.39 is 24.1 Å². The van der Waals surface area contributed by atoms with Gasteiger partial charge < -0.3 is 20.1 Å². The van der Waals surface area contributed by atoms with Crippen LogP contribution in [0.1, 0.15) is 57.1 Å². The summed E-state index contributed by atoms with van der Waals surface area (Å²) < 4.78 is 5.63. The number of carboxylic acids is 1. The molecule has 0 radical (unpaired) electrons. The van der Waals surface area contributed by atoms with Crippen LogP contribution in [0.3, 0.4) is 0 Å². The lowest BCUT2D eigenvalue weighted by Crippen LogP contribution is -2.58. The van der Waals surface area contributed by atoms with Crippen LogP contribution in [0.5, 0.6) is 0 Å². The van der Waals surface area contributed by atoms with E-state index in [2.05, 4.69) is 17.4 Å². The van der Waals surface area contributed by atoms with Gasteiger partial charge >= 0.3 is 12.1 Å². The van der Waals surface area contributed by atoms with E-state index in [1.807, 2.05) is 57.2 Å². The zero-order valence-electron chi connectivity index (χ0n) is 20.6. The lowest BCUT2D eigenvalue weighted by Gasteiger charge is -2.39. The van der Waals surface area contributed by atoms with Crippen molar-refractivity contribution in [2.24, 2.45) is 11.8 Å². The van der Waals surface area contributed by atoms with E-state index in [0.717, 1.165) is 35.1 Å². The number of alkyl carbamates (subject to hydrolysis) is 1. The molecule has 0 spiro atoms. The van der Waals surface area contributed by atoms with Crippen LogP contribution in [0.2, 0.25) is 0 Å². The number of likely N-dealkylation sites (tertiary alicyclic amines) is 1. The number of aliphatic carboxylic acids is 1. The van der Waals surface area contributed by atoms with E-state index in [4.69, 9.17) is 4.74 Å². The molecule has 1 saturated heterocycles. The van der Waals surface area contributed by atoms with Gasteiger partial charge in [0, 0.05) is 12.5 Å². The van der Waals surface area contributed by atoms with Crippen molar-refractivity contribution in [3.8, 4) is 11.1 Å². The first-order valence-electron chi connectivity index (χ1n) is 12.5. The third-order valence-corrected chi connectivity index (χ3v) is 7.41. The van der Waals surface area contributed by atoms with E-state index in [1.165, 1.54) is 4.90 Å². The Balaban J connectivity index is 1.44. The van der Waals surface area contributed by atoms with Gasteiger partial charge in [-0.15, -0.1) is 0 Å². The third kappa shape index (κ3) is 5.04. The Bertz CT molecular complexity index is 1050. The molecule has 1 fully saturated rings. The lowest BCUT2D eigenvalue weighted by molar-refractivity contribution is -0.154. The van der Waals surface area contributed by atoms with Crippen molar-refractivity contribution in [3.63, 3.8) is 0 Å². The molecule has 4 rings (SSSR count). The Kier molecular flexibility index (Phi) is 7.43. The fraction of sp³-hybridized carbons (Fsp3) is 0.464. The van der Waals surface area contributed by atoms with Gasteiger partial charge in [0.2, 0.25) is 5.91 Å². The molecule has 7 nitrogen and oxygen atoms in total. The predicted octanol–water partition coefficient (Wildman–Crippen LogP) is 4.65. The number of nitrogens with zero attached hydrogens (tertiary/aromatic N) is 1. The highest BCUT2D eigenvalue weighted by Gasteiger charge is 2.40. The molecule has 2 aromatic carbocycles. The number of benzene rings is 2. The average molecular weight is 479 g/mol. The second-order valence-corrected chi connectivity index (χ2v) is 9.88. The highest BCUT2D eigenvalue weighted by Crippen LogP contribution is 2.44. The van der Waals surface area contributed by atoms with Crippen LogP contribution < -0.4 is 5.32 Å². The van der Waals surface area contributed by atoms with Crippen molar-refractivity contribution in [2.45, 2.75) is 58.0 Å². The number of carboxylic acid groups (broad SMARTS) is 1. The summed E-state index contributed by atoms with van der Waals surface area (Å²) >= 11 is 0.